The van der Waals surface area contributed by atoms with Gasteiger partial charge in [0.15, 0.2) is 0 Å². The van der Waals surface area contributed by atoms with Gasteiger partial charge in [-0.2, -0.15) is 8.42 Å². The lowest BCUT2D eigenvalue weighted by atomic mass is 10.1. The molecule has 1 aromatic rings. The number of nitrogens with zero attached hydrogens (tertiary/aromatic N) is 2. The summed E-state index contributed by atoms with van der Waals surface area (Å²) in [7, 11) is -5.50. The van der Waals surface area contributed by atoms with Crippen molar-refractivity contribution in [3.8, 4) is 0 Å². The van der Waals surface area contributed by atoms with Crippen LogP contribution in [0.1, 0.15) is 12.5 Å². The molecule has 0 unspecified atom stereocenters. The van der Waals surface area contributed by atoms with E-state index in [2.05, 4.69) is 30.7 Å². The highest BCUT2D eigenvalue weighted by atomic mass is 35.5. The van der Waals surface area contributed by atoms with Gasteiger partial charge in [0.25, 0.3) is 0 Å². The minimum Gasteiger partial charge on any atom is -0.264 e. The summed E-state index contributed by atoms with van der Waals surface area (Å²) in [5.74, 6) is 0. The molecule has 0 heterocycles. The van der Waals surface area contributed by atoms with E-state index < -0.39 is 51.9 Å². The van der Waals surface area contributed by atoms with Crippen molar-refractivity contribution in [3.63, 3.8) is 0 Å². The summed E-state index contributed by atoms with van der Waals surface area (Å²) in [6, 6.07) is 3.19. The zero-order valence-electron chi connectivity index (χ0n) is 14.1. The van der Waals surface area contributed by atoms with Gasteiger partial charge in [-0.25, -0.2) is 4.18 Å². The van der Waals surface area contributed by atoms with E-state index in [0.29, 0.717) is 0 Å². The lowest BCUT2D eigenvalue weighted by Crippen LogP contribution is -2.16. The van der Waals surface area contributed by atoms with E-state index >= 15 is 0 Å². The van der Waals surface area contributed by atoms with Crippen LogP contribution in [0.3, 0.4) is 0 Å². The summed E-state index contributed by atoms with van der Waals surface area (Å²) in [5.41, 5.74) is -2.40. The van der Waals surface area contributed by atoms with Crippen LogP contribution >= 0.6 is 11.6 Å². The summed E-state index contributed by atoms with van der Waals surface area (Å²) in [5, 5.41) is 21.1. The lowest BCUT2D eigenvalue weighted by molar-refractivity contribution is -0.423. The average molecular weight is 415 g/mol. The first-order chi connectivity index (χ1) is 11.2. The highest BCUT2D eigenvalue weighted by Crippen LogP contribution is 2.35. The molecule has 0 aromatic heterocycles. The average Bonchev–Trinajstić information content (AvgIpc) is 2.44. The Labute approximate surface area is 151 Å². The zero-order valence-corrected chi connectivity index (χ0v) is 16.6. The molecule has 0 saturated carbocycles. The van der Waals surface area contributed by atoms with Crippen molar-refractivity contribution in [2.75, 3.05) is 0 Å². The molecule has 0 aliphatic carbocycles. The van der Waals surface area contributed by atoms with Crippen molar-refractivity contribution < 1.29 is 27.0 Å². The standard InChI is InChI=1S/C7H5ClN2O8S.C5H14Si/c8-5-1-2-6(9(11)12)7(10(13)14)4(5)3-18-19(15,16)17;1-5-6(2,3)4/h1-2H,3H2,(H,15,16,17);5H2,1-4H3. The van der Waals surface area contributed by atoms with E-state index in [4.69, 9.17) is 16.2 Å². The van der Waals surface area contributed by atoms with Crippen molar-refractivity contribution >= 4 is 41.4 Å². The monoisotopic (exact) mass is 414 g/mol. The number of nitro benzene ring substituents is 2. The van der Waals surface area contributed by atoms with Crippen LogP contribution < -0.4 is 0 Å². The van der Waals surface area contributed by atoms with E-state index in [1.807, 2.05) is 0 Å². The molecule has 1 aromatic carbocycles. The first-order valence-corrected chi connectivity index (χ1v) is 12.4. The number of halogens is 1. The normalized spacial score (nSPS) is 11.4. The minimum atomic E-state index is -4.87. The minimum absolute atomic E-state index is 0.305. The van der Waals surface area contributed by atoms with E-state index in [1.54, 1.807) is 0 Å². The Kier molecular flexibility index (Phi) is 8.60. The third kappa shape index (κ3) is 8.88. The smallest absolute Gasteiger partial charge is 0.264 e. The Bertz CT molecular complexity index is 748. The molecule has 13 heteroatoms. The molecule has 10 nitrogen and oxygen atoms in total. The first kappa shape index (κ1) is 23.4. The van der Waals surface area contributed by atoms with Crippen LogP contribution in [0.5, 0.6) is 0 Å². The third-order valence-electron chi connectivity index (χ3n) is 3.00. The van der Waals surface area contributed by atoms with Crippen LogP contribution in [0.25, 0.3) is 0 Å². The molecule has 142 valence electrons. The van der Waals surface area contributed by atoms with Gasteiger partial charge in [0, 0.05) is 14.1 Å². The number of benzene rings is 1. The van der Waals surface area contributed by atoms with Gasteiger partial charge in [-0.1, -0.05) is 44.2 Å². The highest BCUT2D eigenvalue weighted by Gasteiger charge is 2.31. The van der Waals surface area contributed by atoms with Crippen LogP contribution in [0.15, 0.2) is 12.1 Å². The fourth-order valence-corrected chi connectivity index (χ4v) is 1.69. The zero-order chi connectivity index (χ0) is 20.0. The molecule has 0 fully saturated rings. The number of rotatable bonds is 6. The fourth-order valence-electron chi connectivity index (χ4n) is 1.22. The van der Waals surface area contributed by atoms with Gasteiger partial charge in [-0.3, -0.25) is 24.8 Å². The van der Waals surface area contributed by atoms with Gasteiger partial charge >= 0.3 is 21.8 Å². The Morgan fingerprint density at radius 1 is 1.20 bits per heavy atom. The summed E-state index contributed by atoms with van der Waals surface area (Å²) < 4.78 is 33.1. The van der Waals surface area contributed by atoms with Crippen molar-refractivity contribution in [2.45, 2.75) is 39.2 Å². The van der Waals surface area contributed by atoms with E-state index in [1.165, 1.54) is 6.04 Å². The van der Waals surface area contributed by atoms with Gasteiger partial charge in [0.1, 0.15) is 6.61 Å². The molecule has 0 spiro atoms. The van der Waals surface area contributed by atoms with E-state index in [9.17, 15) is 28.6 Å². The van der Waals surface area contributed by atoms with Gasteiger partial charge in [-0.05, 0) is 6.07 Å². The van der Waals surface area contributed by atoms with E-state index in [0.717, 1.165) is 12.1 Å². The Hall–Kier alpha value is -1.60. The molecule has 0 aliphatic heterocycles. The van der Waals surface area contributed by atoms with Crippen molar-refractivity contribution in [2.24, 2.45) is 0 Å². The van der Waals surface area contributed by atoms with E-state index in [-0.39, 0.29) is 5.02 Å². The van der Waals surface area contributed by atoms with Gasteiger partial charge in [0.2, 0.25) is 0 Å². The molecule has 0 bridgehead atoms. The predicted octanol–water partition coefficient (Wildman–Crippen LogP) is 3.82. The highest BCUT2D eigenvalue weighted by molar-refractivity contribution is 7.80. The number of hydrogen-bond acceptors (Lipinski definition) is 7. The first-order valence-electron chi connectivity index (χ1n) is 6.91. The largest absolute Gasteiger partial charge is 0.397 e. The molecule has 0 saturated heterocycles. The molecule has 1 N–H and O–H groups in total. The van der Waals surface area contributed by atoms with Gasteiger partial charge in [0.05, 0.1) is 20.4 Å². The quantitative estimate of drug-likeness (QED) is 0.319. The van der Waals surface area contributed by atoms with Crippen molar-refractivity contribution in [3.05, 3.63) is 42.9 Å². The Morgan fingerprint density at radius 2 is 1.68 bits per heavy atom. The number of hydrogen-bond donors (Lipinski definition) is 1. The SMILES string of the molecule is CC[Si](C)(C)C.O=[N+]([O-])c1ccc(Cl)c(COS(=O)(=O)O)c1[N+](=O)[O-]. The maximum Gasteiger partial charge on any atom is 0.397 e. The van der Waals surface area contributed by atoms with Crippen LogP contribution in [0.4, 0.5) is 11.4 Å². The molecule has 0 radical (unpaired) electrons. The van der Waals surface area contributed by atoms with Crippen LogP contribution in [-0.4, -0.2) is 30.9 Å². The molecular formula is C12H19ClN2O8SSi. The Morgan fingerprint density at radius 3 is 2.00 bits per heavy atom. The fraction of sp³-hybridized carbons (Fsp3) is 0.500. The molecule has 0 atom stereocenters. The van der Waals surface area contributed by atoms with Gasteiger partial charge < -0.3 is 0 Å². The van der Waals surface area contributed by atoms with Crippen molar-refractivity contribution in [1.29, 1.82) is 0 Å². The topological polar surface area (TPSA) is 150 Å². The van der Waals surface area contributed by atoms with Gasteiger partial charge in [-0.15, -0.1) is 0 Å². The predicted molar refractivity (Wildman–Crippen MR) is 94.9 cm³/mol. The van der Waals surface area contributed by atoms with Crippen LogP contribution in [0, 0.1) is 20.2 Å². The second-order valence-electron chi connectivity index (χ2n) is 6.01. The summed E-state index contributed by atoms with van der Waals surface area (Å²) >= 11 is 5.60. The lowest BCUT2D eigenvalue weighted by Gasteiger charge is -2.09. The summed E-state index contributed by atoms with van der Waals surface area (Å²) in [6.07, 6.45) is 0. The molecular weight excluding hydrogens is 396 g/mol. The van der Waals surface area contributed by atoms with Crippen LogP contribution in [-0.2, 0) is 21.2 Å². The van der Waals surface area contributed by atoms with Crippen molar-refractivity contribution in [1.82, 2.24) is 0 Å². The molecule has 0 aliphatic rings. The second kappa shape index (κ2) is 9.19. The molecule has 1 rings (SSSR count). The Balaban J connectivity index is 0.000000823. The molecule has 0 amide bonds. The third-order valence-corrected chi connectivity index (χ3v) is 5.89. The maximum atomic E-state index is 10.8. The summed E-state index contributed by atoms with van der Waals surface area (Å²) in [4.78, 5) is 19.3. The molecule has 25 heavy (non-hydrogen) atoms. The van der Waals surface area contributed by atoms with Crippen LogP contribution in [0.2, 0.25) is 30.7 Å². The maximum absolute atomic E-state index is 10.8. The second-order valence-corrected chi connectivity index (χ2v) is 13.3. The number of nitro groups is 2. The summed E-state index contributed by atoms with van der Waals surface area (Å²) in [6.45, 7) is 8.41.